The van der Waals surface area contributed by atoms with Crippen LogP contribution in [0.25, 0.3) is 22.2 Å². The van der Waals surface area contributed by atoms with E-state index in [0.29, 0.717) is 5.69 Å². The molecule has 1 saturated heterocycles. The number of hydrogen-bond donors (Lipinski definition) is 2. The van der Waals surface area contributed by atoms with E-state index in [-0.39, 0.29) is 24.8 Å². The van der Waals surface area contributed by atoms with E-state index in [0.717, 1.165) is 16.5 Å². The number of carbonyl (C=O) groups excluding carboxylic acids is 2. The maximum absolute atomic E-state index is 13.6. The van der Waals surface area contributed by atoms with Crippen LogP contribution in [0.15, 0.2) is 42.7 Å². The maximum Gasteiger partial charge on any atom is 0.248 e. The Kier molecular flexibility index (Phi) is 5.68. The molecule has 4 rings (SSSR count). The summed E-state index contributed by atoms with van der Waals surface area (Å²) in [4.78, 5) is 31.9. The minimum atomic E-state index is -0.739. The predicted octanol–water partition coefficient (Wildman–Crippen LogP) is 1.79. The number of carbonyl (C=O) groups is 2. The summed E-state index contributed by atoms with van der Waals surface area (Å²) in [5.41, 5.74) is 1.79. The lowest BCUT2D eigenvalue weighted by Gasteiger charge is -2.34. The van der Waals surface area contributed by atoms with Gasteiger partial charge in [-0.3, -0.25) is 14.6 Å². The van der Waals surface area contributed by atoms with Gasteiger partial charge in [-0.25, -0.2) is 4.68 Å². The molecule has 2 N–H and O–H groups in total. The zero-order valence-corrected chi connectivity index (χ0v) is 18.7. The van der Waals surface area contributed by atoms with Gasteiger partial charge in [-0.1, -0.05) is 44.2 Å². The van der Waals surface area contributed by atoms with Crippen molar-refractivity contribution in [2.75, 3.05) is 13.6 Å². The Balaban J connectivity index is 1.68. The quantitative estimate of drug-likeness (QED) is 0.645. The second kappa shape index (κ2) is 8.31. The highest BCUT2D eigenvalue weighted by molar-refractivity contribution is 5.90. The van der Waals surface area contributed by atoms with Crippen LogP contribution in [-0.4, -0.2) is 67.5 Å². The number of para-hydroxylation sites is 1. The molecule has 2 amide bonds. The number of fused-ring (bicyclic) bond motifs is 1. The summed E-state index contributed by atoms with van der Waals surface area (Å²) in [6.07, 6.45) is 2.95. The first-order valence-electron chi connectivity index (χ1n) is 10.7. The number of aliphatic hydroxyl groups is 1. The molecular weight excluding hydrogens is 408 g/mol. The molecule has 1 fully saturated rings. The number of aromatic nitrogens is 4. The third-order valence-electron chi connectivity index (χ3n) is 5.83. The molecule has 168 valence electrons. The maximum atomic E-state index is 13.6. The van der Waals surface area contributed by atoms with Crippen LogP contribution in [0.4, 0.5) is 0 Å². The Morgan fingerprint density at radius 2 is 2.00 bits per heavy atom. The minimum absolute atomic E-state index is 0.111. The minimum Gasteiger partial charge on any atom is -0.391 e. The van der Waals surface area contributed by atoms with Gasteiger partial charge in [-0.15, -0.1) is 5.10 Å². The van der Waals surface area contributed by atoms with E-state index in [1.807, 2.05) is 51.1 Å². The van der Waals surface area contributed by atoms with Crippen molar-refractivity contribution in [1.82, 2.24) is 30.2 Å². The van der Waals surface area contributed by atoms with E-state index in [2.05, 4.69) is 20.6 Å². The molecule has 3 atom stereocenters. The second-order valence-corrected chi connectivity index (χ2v) is 9.28. The first kappa shape index (κ1) is 21.9. The lowest BCUT2D eigenvalue weighted by atomic mass is 9.85. The van der Waals surface area contributed by atoms with Gasteiger partial charge in [-0.2, -0.15) is 0 Å². The van der Waals surface area contributed by atoms with Crippen molar-refractivity contribution in [1.29, 1.82) is 0 Å². The highest BCUT2D eigenvalue weighted by atomic mass is 16.3. The molecule has 9 heteroatoms. The highest BCUT2D eigenvalue weighted by Crippen LogP contribution is 2.35. The number of hydrogen-bond acceptors (Lipinski definition) is 6. The van der Waals surface area contributed by atoms with Crippen LogP contribution >= 0.6 is 0 Å². The van der Waals surface area contributed by atoms with Gasteiger partial charge in [-0.05, 0) is 17.5 Å². The summed E-state index contributed by atoms with van der Waals surface area (Å²) in [5, 5.41) is 22.3. The molecule has 0 saturated carbocycles. The van der Waals surface area contributed by atoms with Crippen LogP contribution < -0.4 is 5.32 Å². The normalized spacial score (nSPS) is 19.8. The fraction of sp³-hybridized carbons (Fsp3) is 0.435. The molecule has 0 aliphatic carbocycles. The summed E-state index contributed by atoms with van der Waals surface area (Å²) in [6, 6.07) is 8.39. The van der Waals surface area contributed by atoms with E-state index in [1.165, 1.54) is 11.9 Å². The average Bonchev–Trinajstić information content (AvgIpc) is 3.39. The van der Waals surface area contributed by atoms with Crippen LogP contribution in [0.3, 0.4) is 0 Å². The number of likely N-dealkylation sites (tertiary alicyclic amines) is 1. The van der Waals surface area contributed by atoms with Crippen molar-refractivity contribution in [2.45, 2.75) is 45.4 Å². The topological polar surface area (TPSA) is 113 Å². The van der Waals surface area contributed by atoms with Gasteiger partial charge in [0.25, 0.3) is 0 Å². The SMILES string of the molecule is CNC(=O)[C@H]1CC(O)CN1C(=O)C(n1cc(-c2cnc3ccccc3c2)nn1)C(C)(C)C. The molecule has 1 aromatic carbocycles. The average molecular weight is 437 g/mol. The molecule has 0 radical (unpaired) electrons. The highest BCUT2D eigenvalue weighted by Gasteiger charge is 2.45. The largest absolute Gasteiger partial charge is 0.391 e. The van der Waals surface area contributed by atoms with E-state index < -0.39 is 23.6 Å². The fourth-order valence-electron chi connectivity index (χ4n) is 4.26. The molecular formula is C23H28N6O3. The smallest absolute Gasteiger partial charge is 0.248 e. The summed E-state index contributed by atoms with van der Waals surface area (Å²) >= 11 is 0. The Hall–Kier alpha value is -3.33. The van der Waals surface area contributed by atoms with Crippen LogP contribution in [0.1, 0.15) is 33.2 Å². The molecule has 32 heavy (non-hydrogen) atoms. The number of rotatable bonds is 4. The van der Waals surface area contributed by atoms with Crippen molar-refractivity contribution < 1.29 is 14.7 Å². The van der Waals surface area contributed by atoms with Crippen LogP contribution in [0.5, 0.6) is 0 Å². The molecule has 9 nitrogen and oxygen atoms in total. The van der Waals surface area contributed by atoms with Gasteiger partial charge in [0.05, 0.1) is 17.8 Å². The summed E-state index contributed by atoms with van der Waals surface area (Å²) in [7, 11) is 1.53. The Morgan fingerprint density at radius 1 is 1.25 bits per heavy atom. The van der Waals surface area contributed by atoms with Crippen molar-refractivity contribution >= 4 is 22.7 Å². The van der Waals surface area contributed by atoms with E-state index >= 15 is 0 Å². The number of amides is 2. The number of nitrogens with zero attached hydrogens (tertiary/aromatic N) is 5. The predicted molar refractivity (Wildman–Crippen MR) is 119 cm³/mol. The number of pyridine rings is 1. The monoisotopic (exact) mass is 436 g/mol. The number of aliphatic hydroxyl groups excluding tert-OH is 1. The summed E-state index contributed by atoms with van der Waals surface area (Å²) in [6.45, 7) is 5.93. The van der Waals surface area contributed by atoms with Crippen molar-refractivity contribution in [3.05, 3.63) is 42.7 Å². The molecule has 2 aromatic heterocycles. The third kappa shape index (κ3) is 4.08. The van der Waals surface area contributed by atoms with Gasteiger partial charge in [0, 0.05) is 37.2 Å². The zero-order chi connectivity index (χ0) is 23.0. The number of benzene rings is 1. The van der Waals surface area contributed by atoms with Crippen molar-refractivity contribution in [3.63, 3.8) is 0 Å². The Bertz CT molecular complexity index is 1150. The van der Waals surface area contributed by atoms with Crippen LogP contribution in [0, 0.1) is 5.41 Å². The molecule has 2 unspecified atom stereocenters. The van der Waals surface area contributed by atoms with Gasteiger partial charge in [0.2, 0.25) is 11.8 Å². The molecule has 0 spiro atoms. The first-order chi connectivity index (χ1) is 15.2. The zero-order valence-electron chi connectivity index (χ0n) is 18.7. The van der Waals surface area contributed by atoms with E-state index in [9.17, 15) is 14.7 Å². The first-order valence-corrected chi connectivity index (χ1v) is 10.7. The van der Waals surface area contributed by atoms with E-state index in [4.69, 9.17) is 0 Å². The van der Waals surface area contributed by atoms with Gasteiger partial charge in [0.1, 0.15) is 17.8 Å². The molecule has 1 aliphatic rings. The Labute approximate surface area is 186 Å². The molecule has 1 aliphatic heterocycles. The standard InChI is InChI=1S/C23H28N6O3/c1-23(2,3)20(22(32)28-12-16(30)10-19(28)21(31)24-4)29-13-18(26-27-29)15-9-14-7-5-6-8-17(14)25-11-15/h5-9,11,13,16,19-20,30H,10,12H2,1-4H3,(H,24,31)/t16?,19-,20?/m1/s1. The van der Waals surface area contributed by atoms with Gasteiger partial charge < -0.3 is 15.3 Å². The molecule has 3 aromatic rings. The fourth-order valence-corrected chi connectivity index (χ4v) is 4.26. The van der Waals surface area contributed by atoms with E-state index in [1.54, 1.807) is 17.1 Å². The Morgan fingerprint density at radius 3 is 2.72 bits per heavy atom. The van der Waals surface area contributed by atoms with Crippen LogP contribution in [-0.2, 0) is 9.59 Å². The second-order valence-electron chi connectivity index (χ2n) is 9.28. The van der Waals surface area contributed by atoms with Gasteiger partial charge in [0.15, 0.2) is 0 Å². The summed E-state index contributed by atoms with van der Waals surface area (Å²) < 4.78 is 1.55. The number of nitrogens with one attached hydrogen (secondary N) is 1. The van der Waals surface area contributed by atoms with Gasteiger partial charge >= 0.3 is 0 Å². The summed E-state index contributed by atoms with van der Waals surface area (Å²) in [5.74, 6) is -0.556. The number of likely N-dealkylation sites (N-methyl/N-ethyl adjacent to an activating group) is 1. The van der Waals surface area contributed by atoms with Crippen molar-refractivity contribution in [2.24, 2.45) is 5.41 Å². The molecule has 0 bridgehead atoms. The number of β-amino-alcohol motifs (C(OH)–C–C–N with tert-alkyl or cyclic N) is 1. The third-order valence-corrected chi connectivity index (χ3v) is 5.83. The molecule has 3 heterocycles. The van der Waals surface area contributed by atoms with Crippen molar-refractivity contribution in [3.8, 4) is 11.3 Å². The lowest BCUT2D eigenvalue weighted by molar-refractivity contribution is -0.144. The lowest BCUT2D eigenvalue weighted by Crippen LogP contribution is -2.49. The van der Waals surface area contributed by atoms with Crippen LogP contribution in [0.2, 0.25) is 0 Å².